The highest BCUT2D eigenvalue weighted by Gasteiger charge is 2.33. The number of rotatable bonds is 3. The molecule has 1 aromatic heterocycles. The molecule has 0 saturated carbocycles. The van der Waals surface area contributed by atoms with Gasteiger partial charge in [0, 0.05) is 36.6 Å². The van der Waals surface area contributed by atoms with Crippen molar-refractivity contribution in [1.82, 2.24) is 10.2 Å². The average molecular weight is 266 g/mol. The van der Waals surface area contributed by atoms with Crippen LogP contribution in [0.25, 0.3) is 0 Å². The molecule has 2 atom stereocenters. The Morgan fingerprint density at radius 1 is 1.44 bits per heavy atom. The summed E-state index contributed by atoms with van der Waals surface area (Å²) in [5, 5.41) is 5.91. The van der Waals surface area contributed by atoms with Gasteiger partial charge in [0.05, 0.1) is 0 Å². The third-order valence-corrected chi connectivity index (χ3v) is 4.85. The predicted octanol–water partition coefficient (Wildman–Crippen LogP) is 3.35. The summed E-state index contributed by atoms with van der Waals surface area (Å²) in [6, 6.07) is 5.70. The van der Waals surface area contributed by atoms with Gasteiger partial charge in [0.25, 0.3) is 0 Å². The first-order valence-electron chi connectivity index (χ1n) is 7.00. The van der Waals surface area contributed by atoms with Crippen LogP contribution in [0.4, 0.5) is 0 Å². The second kappa shape index (κ2) is 5.72. The SMILES string of the molecule is CCC1CNC(C(C)(C)C)CN1Cc1cccs1. The van der Waals surface area contributed by atoms with E-state index in [-0.39, 0.29) is 0 Å². The van der Waals surface area contributed by atoms with Crippen molar-refractivity contribution in [2.45, 2.75) is 52.7 Å². The molecule has 0 radical (unpaired) electrons. The first-order chi connectivity index (χ1) is 8.50. The molecule has 2 heterocycles. The van der Waals surface area contributed by atoms with Gasteiger partial charge in [-0.05, 0) is 23.3 Å². The van der Waals surface area contributed by atoms with E-state index < -0.39 is 0 Å². The van der Waals surface area contributed by atoms with Gasteiger partial charge >= 0.3 is 0 Å². The molecular weight excluding hydrogens is 240 g/mol. The molecule has 1 aromatic rings. The largest absolute Gasteiger partial charge is 0.311 e. The Morgan fingerprint density at radius 2 is 2.22 bits per heavy atom. The van der Waals surface area contributed by atoms with Crippen molar-refractivity contribution in [3.63, 3.8) is 0 Å². The molecule has 3 heteroatoms. The van der Waals surface area contributed by atoms with Crippen LogP contribution in [0, 0.1) is 5.41 Å². The fourth-order valence-corrected chi connectivity index (χ4v) is 3.36. The lowest BCUT2D eigenvalue weighted by Crippen LogP contribution is -2.59. The molecule has 1 N–H and O–H groups in total. The highest BCUT2D eigenvalue weighted by molar-refractivity contribution is 7.09. The number of thiophene rings is 1. The average Bonchev–Trinajstić information content (AvgIpc) is 2.80. The molecule has 18 heavy (non-hydrogen) atoms. The van der Waals surface area contributed by atoms with Gasteiger partial charge in [-0.2, -0.15) is 0 Å². The minimum absolute atomic E-state index is 0.340. The van der Waals surface area contributed by atoms with Crippen LogP contribution < -0.4 is 5.32 Å². The van der Waals surface area contributed by atoms with Crippen LogP contribution in [0.1, 0.15) is 39.0 Å². The summed E-state index contributed by atoms with van der Waals surface area (Å²) in [7, 11) is 0. The third-order valence-electron chi connectivity index (χ3n) is 3.99. The molecular formula is C15H26N2S. The summed E-state index contributed by atoms with van der Waals surface area (Å²) in [4.78, 5) is 4.15. The predicted molar refractivity (Wildman–Crippen MR) is 80.1 cm³/mol. The highest BCUT2D eigenvalue weighted by Crippen LogP contribution is 2.26. The monoisotopic (exact) mass is 266 g/mol. The zero-order valence-corrected chi connectivity index (χ0v) is 12.9. The summed E-state index contributed by atoms with van der Waals surface area (Å²) < 4.78 is 0. The number of hydrogen-bond acceptors (Lipinski definition) is 3. The van der Waals surface area contributed by atoms with Crippen LogP contribution in [-0.2, 0) is 6.54 Å². The van der Waals surface area contributed by atoms with E-state index in [0.717, 1.165) is 13.1 Å². The summed E-state index contributed by atoms with van der Waals surface area (Å²) in [5.74, 6) is 0. The van der Waals surface area contributed by atoms with Gasteiger partial charge in [-0.25, -0.2) is 0 Å². The topological polar surface area (TPSA) is 15.3 Å². The molecule has 0 aromatic carbocycles. The molecule has 2 nitrogen and oxygen atoms in total. The van der Waals surface area contributed by atoms with Crippen LogP contribution in [0.15, 0.2) is 17.5 Å². The van der Waals surface area contributed by atoms with Crippen molar-refractivity contribution < 1.29 is 0 Å². The van der Waals surface area contributed by atoms with Crippen molar-refractivity contribution in [2.75, 3.05) is 13.1 Å². The maximum absolute atomic E-state index is 3.73. The van der Waals surface area contributed by atoms with Crippen LogP contribution >= 0.6 is 11.3 Å². The normalized spacial score (nSPS) is 26.4. The van der Waals surface area contributed by atoms with E-state index in [1.54, 1.807) is 0 Å². The summed E-state index contributed by atoms with van der Waals surface area (Å²) >= 11 is 1.88. The molecule has 1 aliphatic heterocycles. The lowest BCUT2D eigenvalue weighted by molar-refractivity contribution is 0.0783. The zero-order valence-electron chi connectivity index (χ0n) is 12.1. The molecule has 0 spiro atoms. The van der Waals surface area contributed by atoms with E-state index in [2.05, 4.69) is 55.4 Å². The molecule has 1 aliphatic rings. The summed E-state index contributed by atoms with van der Waals surface area (Å²) in [6.07, 6.45) is 1.23. The Kier molecular flexibility index (Phi) is 4.46. The van der Waals surface area contributed by atoms with E-state index in [1.807, 2.05) is 11.3 Å². The zero-order chi connectivity index (χ0) is 13.2. The Balaban J connectivity index is 2.04. The minimum Gasteiger partial charge on any atom is -0.311 e. The molecule has 1 fully saturated rings. The fourth-order valence-electron chi connectivity index (χ4n) is 2.63. The number of piperazine rings is 1. The van der Waals surface area contributed by atoms with Crippen molar-refractivity contribution in [3.05, 3.63) is 22.4 Å². The molecule has 1 saturated heterocycles. The summed E-state index contributed by atoms with van der Waals surface area (Å²) in [5.41, 5.74) is 0.340. The smallest absolute Gasteiger partial charge is 0.0332 e. The van der Waals surface area contributed by atoms with Crippen molar-refractivity contribution in [2.24, 2.45) is 5.41 Å². The first kappa shape index (κ1) is 14.0. The van der Waals surface area contributed by atoms with Crippen LogP contribution in [-0.4, -0.2) is 30.1 Å². The maximum atomic E-state index is 3.73. The second-order valence-corrected chi connectivity index (χ2v) is 7.43. The first-order valence-corrected chi connectivity index (χ1v) is 7.88. The van der Waals surface area contributed by atoms with E-state index in [1.165, 1.54) is 17.8 Å². The number of nitrogens with zero attached hydrogens (tertiary/aromatic N) is 1. The third kappa shape index (κ3) is 3.34. The lowest BCUT2D eigenvalue weighted by Gasteiger charge is -2.44. The molecule has 2 unspecified atom stereocenters. The number of nitrogens with one attached hydrogen (secondary N) is 1. The molecule has 0 bridgehead atoms. The van der Waals surface area contributed by atoms with Gasteiger partial charge in [0.1, 0.15) is 0 Å². The van der Waals surface area contributed by atoms with Crippen molar-refractivity contribution in [3.8, 4) is 0 Å². The van der Waals surface area contributed by atoms with Gasteiger partial charge in [-0.15, -0.1) is 11.3 Å². The van der Waals surface area contributed by atoms with Crippen LogP contribution in [0.3, 0.4) is 0 Å². The fraction of sp³-hybridized carbons (Fsp3) is 0.733. The summed E-state index contributed by atoms with van der Waals surface area (Å²) in [6.45, 7) is 12.7. The lowest BCUT2D eigenvalue weighted by atomic mass is 9.84. The molecule has 2 rings (SSSR count). The van der Waals surface area contributed by atoms with Gasteiger partial charge in [-0.3, -0.25) is 4.90 Å². The van der Waals surface area contributed by atoms with E-state index in [9.17, 15) is 0 Å². The Morgan fingerprint density at radius 3 is 2.78 bits per heavy atom. The molecule has 102 valence electrons. The van der Waals surface area contributed by atoms with Crippen LogP contribution in [0.5, 0.6) is 0 Å². The Hall–Kier alpha value is -0.380. The van der Waals surface area contributed by atoms with Gasteiger partial charge in [-0.1, -0.05) is 33.8 Å². The molecule has 0 aliphatic carbocycles. The van der Waals surface area contributed by atoms with Gasteiger partial charge < -0.3 is 5.32 Å². The maximum Gasteiger partial charge on any atom is 0.0332 e. The number of hydrogen-bond donors (Lipinski definition) is 1. The van der Waals surface area contributed by atoms with Crippen molar-refractivity contribution in [1.29, 1.82) is 0 Å². The molecule has 0 amide bonds. The van der Waals surface area contributed by atoms with E-state index >= 15 is 0 Å². The minimum atomic E-state index is 0.340. The Bertz CT molecular complexity index is 353. The highest BCUT2D eigenvalue weighted by atomic mass is 32.1. The Labute approximate surface area is 115 Å². The standard InChI is InChI=1S/C15H26N2S/c1-5-12-9-16-14(15(2,3)4)11-17(12)10-13-7-6-8-18-13/h6-8,12,14,16H,5,9-11H2,1-4H3. The van der Waals surface area contributed by atoms with E-state index in [4.69, 9.17) is 0 Å². The van der Waals surface area contributed by atoms with Gasteiger partial charge in [0.2, 0.25) is 0 Å². The quantitative estimate of drug-likeness (QED) is 0.902. The van der Waals surface area contributed by atoms with E-state index in [0.29, 0.717) is 17.5 Å². The van der Waals surface area contributed by atoms with Crippen LogP contribution in [0.2, 0.25) is 0 Å². The van der Waals surface area contributed by atoms with Crippen molar-refractivity contribution >= 4 is 11.3 Å². The second-order valence-electron chi connectivity index (χ2n) is 6.40. The van der Waals surface area contributed by atoms with Gasteiger partial charge in [0.15, 0.2) is 0 Å².